The quantitative estimate of drug-likeness (QED) is 0.750. The van der Waals surface area contributed by atoms with Crippen LogP contribution in [0.4, 0.5) is 4.39 Å². The van der Waals surface area contributed by atoms with E-state index in [0.29, 0.717) is 17.7 Å². The summed E-state index contributed by atoms with van der Waals surface area (Å²) in [4.78, 5) is 12.9. The summed E-state index contributed by atoms with van der Waals surface area (Å²) in [7, 11) is -3.08. The fourth-order valence-electron chi connectivity index (χ4n) is 3.53. The van der Waals surface area contributed by atoms with Crippen LogP contribution in [0, 0.1) is 5.82 Å². The Morgan fingerprint density at radius 2 is 1.89 bits per heavy atom. The summed E-state index contributed by atoms with van der Waals surface area (Å²) < 4.78 is 39.2. The molecule has 1 unspecified atom stereocenters. The van der Waals surface area contributed by atoms with Crippen molar-refractivity contribution in [3.05, 3.63) is 71.7 Å². The number of halogens is 1. The lowest BCUT2D eigenvalue weighted by Gasteiger charge is -2.14. The van der Waals surface area contributed by atoms with Crippen molar-refractivity contribution in [2.75, 3.05) is 11.5 Å². The van der Waals surface area contributed by atoms with E-state index < -0.39 is 9.84 Å². The summed E-state index contributed by atoms with van der Waals surface area (Å²) in [5, 5.41) is 3.69. The molecule has 0 bridgehead atoms. The molecule has 1 N–H and O–H groups in total. The summed E-state index contributed by atoms with van der Waals surface area (Å²) in [6.07, 6.45) is 0.418. The molecule has 2 aromatic carbocycles. The van der Waals surface area contributed by atoms with Gasteiger partial charge in [0.15, 0.2) is 9.84 Å². The zero-order valence-corrected chi connectivity index (χ0v) is 15.4. The third kappa shape index (κ3) is 3.60. The van der Waals surface area contributed by atoms with E-state index in [-0.39, 0.29) is 35.8 Å². The second-order valence-corrected chi connectivity index (χ2v) is 9.07. The Morgan fingerprint density at radius 3 is 2.63 bits per heavy atom. The van der Waals surface area contributed by atoms with Crippen LogP contribution in [0.5, 0.6) is 0 Å². The van der Waals surface area contributed by atoms with Gasteiger partial charge in [0.2, 0.25) is 0 Å². The fraction of sp³-hybridized carbons (Fsp3) is 0.250. The number of carbonyl (C=O) groups excluding carboxylic acids is 1. The molecule has 5 nitrogen and oxygen atoms in total. The molecule has 27 heavy (non-hydrogen) atoms. The van der Waals surface area contributed by atoms with Crippen LogP contribution < -0.4 is 5.32 Å². The van der Waals surface area contributed by atoms with Gasteiger partial charge in [0, 0.05) is 22.5 Å². The average molecular weight is 386 g/mol. The number of aromatic nitrogens is 1. The SMILES string of the molecule is O=C(NC1CCS(=O)(=O)C1)c1cc2ccccc2n1Cc1ccccc1F. The van der Waals surface area contributed by atoms with Crippen molar-refractivity contribution in [2.45, 2.75) is 19.0 Å². The maximum Gasteiger partial charge on any atom is 0.268 e. The van der Waals surface area contributed by atoms with Gasteiger partial charge in [-0.25, -0.2) is 12.8 Å². The number of hydrogen-bond acceptors (Lipinski definition) is 3. The van der Waals surface area contributed by atoms with Gasteiger partial charge in [0.1, 0.15) is 11.5 Å². The molecule has 1 aromatic heterocycles. The topological polar surface area (TPSA) is 68.2 Å². The number of para-hydroxylation sites is 1. The van der Waals surface area contributed by atoms with Crippen molar-refractivity contribution < 1.29 is 17.6 Å². The van der Waals surface area contributed by atoms with E-state index in [1.165, 1.54) is 6.07 Å². The van der Waals surface area contributed by atoms with Crippen LogP contribution in [0.1, 0.15) is 22.5 Å². The van der Waals surface area contributed by atoms with E-state index in [1.807, 2.05) is 24.3 Å². The second kappa shape index (κ2) is 6.81. The number of sulfone groups is 1. The highest BCUT2D eigenvalue weighted by Crippen LogP contribution is 2.23. The number of benzene rings is 2. The molecule has 2 heterocycles. The Labute approximate surface area is 156 Å². The molecule has 7 heteroatoms. The van der Waals surface area contributed by atoms with Crippen LogP contribution in [-0.2, 0) is 16.4 Å². The zero-order chi connectivity index (χ0) is 19.0. The lowest BCUT2D eigenvalue weighted by Crippen LogP contribution is -2.36. The summed E-state index contributed by atoms with van der Waals surface area (Å²) in [5.41, 5.74) is 1.70. The lowest BCUT2D eigenvalue weighted by molar-refractivity contribution is 0.0932. The van der Waals surface area contributed by atoms with E-state index in [4.69, 9.17) is 0 Å². The van der Waals surface area contributed by atoms with Gasteiger partial charge in [-0.3, -0.25) is 4.79 Å². The molecule has 1 amide bonds. The summed E-state index contributed by atoms with van der Waals surface area (Å²) >= 11 is 0. The number of carbonyl (C=O) groups is 1. The van der Waals surface area contributed by atoms with Gasteiger partial charge in [-0.1, -0.05) is 36.4 Å². The number of fused-ring (bicyclic) bond motifs is 1. The number of nitrogens with one attached hydrogen (secondary N) is 1. The Morgan fingerprint density at radius 1 is 1.15 bits per heavy atom. The summed E-state index contributed by atoms with van der Waals surface area (Å²) in [6.45, 7) is 0.214. The van der Waals surface area contributed by atoms with Crippen molar-refractivity contribution in [2.24, 2.45) is 0 Å². The molecule has 0 spiro atoms. The van der Waals surface area contributed by atoms with Gasteiger partial charge in [-0.15, -0.1) is 0 Å². The molecule has 0 saturated carbocycles. The van der Waals surface area contributed by atoms with Crippen LogP contribution in [-0.4, -0.2) is 36.4 Å². The first-order chi connectivity index (χ1) is 12.9. The molecular formula is C20H19FN2O3S. The first-order valence-electron chi connectivity index (χ1n) is 8.76. The van der Waals surface area contributed by atoms with Crippen LogP contribution in [0.25, 0.3) is 10.9 Å². The van der Waals surface area contributed by atoms with E-state index in [2.05, 4.69) is 5.32 Å². The number of amides is 1. The fourth-order valence-corrected chi connectivity index (χ4v) is 5.21. The molecule has 1 atom stereocenters. The minimum Gasteiger partial charge on any atom is -0.347 e. The predicted octanol–water partition coefficient (Wildman–Crippen LogP) is 2.75. The standard InChI is InChI=1S/C20H19FN2O3S/c21-17-7-3-1-6-15(17)12-23-18-8-4-2-5-14(18)11-19(23)20(24)22-16-9-10-27(25,26)13-16/h1-8,11,16H,9-10,12-13H2,(H,22,24). The Kier molecular flexibility index (Phi) is 4.47. The van der Waals surface area contributed by atoms with E-state index in [1.54, 1.807) is 28.8 Å². The van der Waals surface area contributed by atoms with E-state index >= 15 is 0 Å². The Bertz CT molecular complexity index is 1120. The summed E-state index contributed by atoms with van der Waals surface area (Å²) in [6, 6.07) is 15.4. The second-order valence-electron chi connectivity index (χ2n) is 6.84. The summed E-state index contributed by atoms with van der Waals surface area (Å²) in [5.74, 6) is -0.615. The monoisotopic (exact) mass is 386 g/mol. The van der Waals surface area contributed by atoms with Crippen molar-refractivity contribution in [3.8, 4) is 0 Å². The number of rotatable bonds is 4. The van der Waals surface area contributed by atoms with Gasteiger partial charge in [-0.05, 0) is 24.6 Å². The highest BCUT2D eigenvalue weighted by atomic mass is 32.2. The van der Waals surface area contributed by atoms with Crippen LogP contribution in [0.15, 0.2) is 54.6 Å². The number of nitrogens with zero attached hydrogens (tertiary/aromatic N) is 1. The van der Waals surface area contributed by atoms with Crippen LogP contribution >= 0.6 is 0 Å². The van der Waals surface area contributed by atoms with Gasteiger partial charge in [-0.2, -0.15) is 0 Å². The van der Waals surface area contributed by atoms with Gasteiger partial charge < -0.3 is 9.88 Å². The normalized spacial score (nSPS) is 18.6. The van der Waals surface area contributed by atoms with Crippen molar-refractivity contribution in [3.63, 3.8) is 0 Å². The molecule has 140 valence electrons. The van der Waals surface area contributed by atoms with E-state index in [9.17, 15) is 17.6 Å². The predicted molar refractivity (Wildman–Crippen MR) is 102 cm³/mol. The molecule has 0 radical (unpaired) electrons. The van der Waals surface area contributed by atoms with Crippen molar-refractivity contribution in [1.29, 1.82) is 0 Å². The number of hydrogen-bond donors (Lipinski definition) is 1. The van der Waals surface area contributed by atoms with Gasteiger partial charge in [0.25, 0.3) is 5.91 Å². The largest absolute Gasteiger partial charge is 0.347 e. The van der Waals surface area contributed by atoms with Crippen molar-refractivity contribution in [1.82, 2.24) is 9.88 Å². The Hall–Kier alpha value is -2.67. The highest BCUT2D eigenvalue weighted by molar-refractivity contribution is 7.91. The Balaban J connectivity index is 1.69. The molecule has 1 fully saturated rings. The smallest absolute Gasteiger partial charge is 0.268 e. The molecular weight excluding hydrogens is 367 g/mol. The third-order valence-electron chi connectivity index (χ3n) is 4.90. The minimum atomic E-state index is -3.08. The maximum atomic E-state index is 14.1. The third-order valence-corrected chi connectivity index (χ3v) is 6.67. The van der Waals surface area contributed by atoms with Crippen LogP contribution in [0.2, 0.25) is 0 Å². The maximum absolute atomic E-state index is 14.1. The van der Waals surface area contributed by atoms with Gasteiger partial charge in [0.05, 0.1) is 18.1 Å². The van der Waals surface area contributed by atoms with Crippen LogP contribution in [0.3, 0.4) is 0 Å². The molecule has 1 aliphatic heterocycles. The van der Waals surface area contributed by atoms with Crippen molar-refractivity contribution >= 4 is 26.6 Å². The molecule has 0 aliphatic carbocycles. The first-order valence-corrected chi connectivity index (χ1v) is 10.6. The van der Waals surface area contributed by atoms with Gasteiger partial charge >= 0.3 is 0 Å². The van der Waals surface area contributed by atoms with E-state index in [0.717, 1.165) is 10.9 Å². The first kappa shape index (κ1) is 17.7. The minimum absolute atomic E-state index is 0.0354. The lowest BCUT2D eigenvalue weighted by atomic mass is 10.2. The molecule has 1 saturated heterocycles. The average Bonchev–Trinajstić information content (AvgIpc) is 3.17. The molecule has 3 aromatic rings. The molecule has 1 aliphatic rings. The highest BCUT2D eigenvalue weighted by Gasteiger charge is 2.30. The zero-order valence-electron chi connectivity index (χ0n) is 14.6. The molecule has 4 rings (SSSR count).